The highest BCUT2D eigenvalue weighted by Crippen LogP contribution is 1.93. The van der Waals surface area contributed by atoms with E-state index < -0.39 is 0 Å². The second-order valence-electron chi connectivity index (χ2n) is 2.98. The van der Waals surface area contributed by atoms with Crippen molar-refractivity contribution in [3.05, 3.63) is 5.82 Å². The Kier molecular flexibility index (Phi) is 5.83. The molecule has 0 radical (unpaired) electrons. The molecule has 0 fully saturated rings. The molecule has 0 atom stereocenters. The summed E-state index contributed by atoms with van der Waals surface area (Å²) in [4.78, 5) is 0. The molecule has 7 nitrogen and oxygen atoms in total. The summed E-state index contributed by atoms with van der Waals surface area (Å²) in [6.07, 6.45) is 0.863. The van der Waals surface area contributed by atoms with Crippen LogP contribution in [0.2, 0.25) is 0 Å². The summed E-state index contributed by atoms with van der Waals surface area (Å²) in [5.41, 5.74) is 5.45. The van der Waals surface area contributed by atoms with E-state index in [1.54, 1.807) is 11.8 Å². The van der Waals surface area contributed by atoms with Crippen molar-refractivity contribution in [1.29, 1.82) is 0 Å². The van der Waals surface area contributed by atoms with Crippen LogP contribution in [0.15, 0.2) is 0 Å². The molecule has 7 heteroatoms. The molecule has 0 bridgehead atoms. The van der Waals surface area contributed by atoms with E-state index in [1.807, 2.05) is 0 Å². The quantitative estimate of drug-likeness (QED) is 0.570. The van der Waals surface area contributed by atoms with Crippen LogP contribution >= 0.6 is 0 Å². The molecule has 0 aliphatic rings. The van der Waals surface area contributed by atoms with E-state index in [2.05, 4.69) is 15.5 Å². The van der Waals surface area contributed by atoms with E-state index in [1.165, 1.54) is 0 Å². The van der Waals surface area contributed by atoms with Crippen LogP contribution in [0.4, 0.5) is 0 Å². The number of aryl methyl sites for hydroxylation is 1. The number of tetrazole rings is 1. The van der Waals surface area contributed by atoms with Gasteiger partial charge in [0, 0.05) is 20.3 Å². The number of rotatable bonds is 8. The standard InChI is InChI=1S/C8H17N5O2/c1-14-5-6-15-4-2-3-13-8(7-9)10-11-12-13/h2-7,9H2,1H3. The third-order valence-electron chi connectivity index (χ3n) is 1.88. The summed E-state index contributed by atoms with van der Waals surface area (Å²) in [5, 5.41) is 11.1. The first-order chi connectivity index (χ1) is 7.38. The molecule has 0 saturated heterocycles. The van der Waals surface area contributed by atoms with Crippen molar-refractivity contribution in [3.8, 4) is 0 Å². The molecule has 0 saturated carbocycles. The minimum atomic E-state index is 0.359. The molecular weight excluding hydrogens is 198 g/mol. The summed E-state index contributed by atoms with van der Waals surface area (Å²) in [6.45, 7) is 3.01. The van der Waals surface area contributed by atoms with Crippen LogP contribution in [-0.4, -0.2) is 47.1 Å². The van der Waals surface area contributed by atoms with Gasteiger partial charge in [0.2, 0.25) is 0 Å². The Hall–Kier alpha value is -1.05. The van der Waals surface area contributed by atoms with Crippen LogP contribution in [0.1, 0.15) is 12.2 Å². The first-order valence-corrected chi connectivity index (χ1v) is 4.90. The number of nitrogens with two attached hydrogens (primary N) is 1. The highest BCUT2D eigenvalue weighted by atomic mass is 16.5. The van der Waals surface area contributed by atoms with Crippen LogP contribution in [-0.2, 0) is 22.6 Å². The van der Waals surface area contributed by atoms with Crippen molar-refractivity contribution in [3.63, 3.8) is 0 Å². The Bertz CT molecular complexity index is 265. The molecule has 15 heavy (non-hydrogen) atoms. The second-order valence-corrected chi connectivity index (χ2v) is 2.98. The fourth-order valence-corrected chi connectivity index (χ4v) is 1.10. The average molecular weight is 215 g/mol. The van der Waals surface area contributed by atoms with E-state index in [-0.39, 0.29) is 0 Å². The Morgan fingerprint density at radius 3 is 2.93 bits per heavy atom. The average Bonchev–Trinajstić information content (AvgIpc) is 2.70. The minimum Gasteiger partial charge on any atom is -0.382 e. The van der Waals surface area contributed by atoms with Gasteiger partial charge in [-0.25, -0.2) is 4.68 Å². The minimum absolute atomic E-state index is 0.359. The summed E-state index contributed by atoms with van der Waals surface area (Å²) >= 11 is 0. The summed E-state index contributed by atoms with van der Waals surface area (Å²) in [6, 6.07) is 0. The second kappa shape index (κ2) is 7.27. The lowest BCUT2D eigenvalue weighted by molar-refractivity contribution is 0.0675. The Balaban J connectivity index is 2.09. The van der Waals surface area contributed by atoms with Gasteiger partial charge in [0.05, 0.1) is 19.8 Å². The molecule has 2 N–H and O–H groups in total. The SMILES string of the molecule is COCCOCCCn1nnnc1CN. The normalized spacial score (nSPS) is 10.8. The van der Waals surface area contributed by atoms with Gasteiger partial charge in [-0.05, 0) is 16.8 Å². The molecular formula is C8H17N5O2. The lowest BCUT2D eigenvalue weighted by Crippen LogP contribution is -2.12. The van der Waals surface area contributed by atoms with E-state index >= 15 is 0 Å². The Labute approximate surface area is 88.5 Å². The van der Waals surface area contributed by atoms with Crippen LogP contribution in [0.25, 0.3) is 0 Å². The van der Waals surface area contributed by atoms with Gasteiger partial charge in [0.1, 0.15) is 0 Å². The number of aromatic nitrogens is 4. The zero-order valence-corrected chi connectivity index (χ0v) is 8.93. The molecule has 0 spiro atoms. The topological polar surface area (TPSA) is 88.1 Å². The van der Waals surface area contributed by atoms with Crippen molar-refractivity contribution < 1.29 is 9.47 Å². The lowest BCUT2D eigenvalue weighted by atomic mass is 10.4. The number of ether oxygens (including phenoxy) is 2. The van der Waals surface area contributed by atoms with E-state index in [4.69, 9.17) is 15.2 Å². The van der Waals surface area contributed by atoms with Gasteiger partial charge in [-0.1, -0.05) is 0 Å². The maximum atomic E-state index is 5.45. The van der Waals surface area contributed by atoms with Gasteiger partial charge >= 0.3 is 0 Å². The highest BCUT2D eigenvalue weighted by molar-refractivity contribution is 4.77. The van der Waals surface area contributed by atoms with Crippen LogP contribution in [0.5, 0.6) is 0 Å². The highest BCUT2D eigenvalue weighted by Gasteiger charge is 2.02. The summed E-state index contributed by atoms with van der Waals surface area (Å²) in [7, 11) is 1.65. The van der Waals surface area contributed by atoms with Crippen molar-refractivity contribution in [1.82, 2.24) is 20.2 Å². The molecule has 1 aromatic heterocycles. The molecule has 1 aromatic rings. The smallest absolute Gasteiger partial charge is 0.164 e. The van der Waals surface area contributed by atoms with Gasteiger partial charge in [-0.3, -0.25) is 0 Å². The zero-order valence-electron chi connectivity index (χ0n) is 8.93. The predicted octanol–water partition coefficient (Wildman–Crippen LogP) is -0.815. The third kappa shape index (κ3) is 4.32. The molecule has 1 rings (SSSR count). The molecule has 86 valence electrons. The van der Waals surface area contributed by atoms with Crippen molar-refractivity contribution in [2.24, 2.45) is 5.73 Å². The Morgan fingerprint density at radius 1 is 1.33 bits per heavy atom. The van der Waals surface area contributed by atoms with Crippen molar-refractivity contribution in [2.75, 3.05) is 26.9 Å². The van der Waals surface area contributed by atoms with Crippen LogP contribution in [0.3, 0.4) is 0 Å². The summed E-state index contributed by atoms with van der Waals surface area (Å²) in [5.74, 6) is 0.701. The molecule has 0 amide bonds. The fraction of sp³-hybridized carbons (Fsp3) is 0.875. The third-order valence-corrected chi connectivity index (χ3v) is 1.88. The van der Waals surface area contributed by atoms with Crippen molar-refractivity contribution in [2.45, 2.75) is 19.5 Å². The van der Waals surface area contributed by atoms with Gasteiger partial charge in [-0.2, -0.15) is 0 Å². The maximum Gasteiger partial charge on any atom is 0.164 e. The molecule has 0 aliphatic carbocycles. The maximum absolute atomic E-state index is 5.45. The molecule has 1 heterocycles. The van der Waals surface area contributed by atoms with E-state index in [0.717, 1.165) is 13.0 Å². The zero-order chi connectivity index (χ0) is 10.9. The fourth-order valence-electron chi connectivity index (χ4n) is 1.10. The van der Waals surface area contributed by atoms with Gasteiger partial charge < -0.3 is 15.2 Å². The van der Waals surface area contributed by atoms with Gasteiger partial charge in [0.15, 0.2) is 5.82 Å². The first-order valence-electron chi connectivity index (χ1n) is 4.90. The van der Waals surface area contributed by atoms with Crippen LogP contribution < -0.4 is 5.73 Å². The largest absolute Gasteiger partial charge is 0.382 e. The first kappa shape index (κ1) is 12.0. The van der Waals surface area contributed by atoms with Gasteiger partial charge in [-0.15, -0.1) is 5.10 Å². The van der Waals surface area contributed by atoms with E-state index in [0.29, 0.717) is 32.2 Å². The Morgan fingerprint density at radius 2 is 2.20 bits per heavy atom. The molecule has 0 unspecified atom stereocenters. The van der Waals surface area contributed by atoms with Crippen LogP contribution in [0, 0.1) is 0 Å². The van der Waals surface area contributed by atoms with Gasteiger partial charge in [0.25, 0.3) is 0 Å². The lowest BCUT2D eigenvalue weighted by Gasteiger charge is -2.04. The number of hydrogen-bond donors (Lipinski definition) is 1. The van der Waals surface area contributed by atoms with E-state index in [9.17, 15) is 0 Å². The molecule has 0 aromatic carbocycles. The monoisotopic (exact) mass is 215 g/mol. The molecule has 0 aliphatic heterocycles. The van der Waals surface area contributed by atoms with Crippen molar-refractivity contribution >= 4 is 0 Å². The number of nitrogens with zero attached hydrogens (tertiary/aromatic N) is 4. The predicted molar refractivity (Wildman–Crippen MR) is 53.0 cm³/mol. The number of methoxy groups -OCH3 is 1. The summed E-state index contributed by atoms with van der Waals surface area (Å²) < 4.78 is 11.9. The number of hydrogen-bond acceptors (Lipinski definition) is 6.